The molecule has 1 N–H and O–H groups in total. The molecule has 1 saturated heterocycles. The molecule has 1 aliphatic rings. The molecule has 1 rings (SSSR count). The van der Waals surface area contributed by atoms with E-state index in [0.717, 1.165) is 0 Å². The van der Waals surface area contributed by atoms with Crippen molar-refractivity contribution in [1.29, 1.82) is 0 Å². The first kappa shape index (κ1) is 10.8. The summed E-state index contributed by atoms with van der Waals surface area (Å²) in [6, 6.07) is -1.19. The van der Waals surface area contributed by atoms with Crippen molar-refractivity contribution in [3.05, 3.63) is 20.2 Å². The minimum absolute atomic E-state index is 0.0805. The first-order chi connectivity index (χ1) is 6.50. The number of nitrogens with zero attached hydrogens (tertiary/aromatic N) is 2. The molecule has 1 aliphatic heterocycles. The fraction of sp³-hybridized carbons (Fsp3) is 1.00. The van der Waals surface area contributed by atoms with Crippen molar-refractivity contribution in [2.24, 2.45) is 0 Å². The van der Waals surface area contributed by atoms with E-state index in [4.69, 9.17) is 9.84 Å². The Morgan fingerprint density at radius 3 is 2.57 bits per heavy atom. The van der Waals surface area contributed by atoms with Crippen molar-refractivity contribution in [2.75, 3.05) is 13.2 Å². The van der Waals surface area contributed by atoms with Gasteiger partial charge in [0.2, 0.25) is 12.6 Å². The van der Waals surface area contributed by atoms with Gasteiger partial charge in [0.25, 0.3) is 0 Å². The van der Waals surface area contributed by atoms with E-state index in [9.17, 15) is 20.2 Å². The summed E-state index contributed by atoms with van der Waals surface area (Å²) in [6.45, 7) is -0.679. The zero-order chi connectivity index (χ0) is 10.7. The van der Waals surface area contributed by atoms with Gasteiger partial charge in [-0.05, 0) is 0 Å². The monoisotopic (exact) mass is 206 g/mol. The highest BCUT2D eigenvalue weighted by molar-refractivity contribution is 4.78. The molecule has 1 heterocycles. The SMILES string of the molecule is O=[N+]([O-])C[C@@H]1OC[C@@H](O)C[C@H]1[N+](=O)[O-]. The molecule has 3 atom stereocenters. The lowest BCUT2D eigenvalue weighted by atomic mass is 10.0. The fourth-order valence-electron chi connectivity index (χ4n) is 1.39. The number of rotatable bonds is 3. The molecular formula is C6H10N2O6. The molecule has 0 aliphatic carbocycles. The van der Waals surface area contributed by atoms with Crippen LogP contribution in [0.2, 0.25) is 0 Å². The molecule has 0 aromatic heterocycles. The van der Waals surface area contributed by atoms with Crippen LogP contribution in [-0.4, -0.2) is 46.4 Å². The summed E-state index contributed by atoms with van der Waals surface area (Å²) < 4.78 is 4.84. The van der Waals surface area contributed by atoms with Crippen molar-refractivity contribution < 1.29 is 19.7 Å². The maximum Gasteiger partial charge on any atom is 0.247 e. The average molecular weight is 206 g/mol. The van der Waals surface area contributed by atoms with E-state index in [2.05, 4.69) is 0 Å². The molecule has 14 heavy (non-hydrogen) atoms. The van der Waals surface area contributed by atoms with E-state index in [0.29, 0.717) is 0 Å². The Morgan fingerprint density at radius 1 is 1.43 bits per heavy atom. The minimum atomic E-state index is -1.19. The Kier molecular flexibility index (Phi) is 3.31. The molecule has 0 unspecified atom stereocenters. The smallest absolute Gasteiger partial charge is 0.247 e. The third kappa shape index (κ3) is 2.60. The number of hydrogen-bond acceptors (Lipinski definition) is 6. The van der Waals surface area contributed by atoms with E-state index in [-0.39, 0.29) is 13.0 Å². The summed E-state index contributed by atoms with van der Waals surface area (Å²) >= 11 is 0. The Bertz CT molecular complexity index is 244. The van der Waals surface area contributed by atoms with E-state index in [1.807, 2.05) is 0 Å². The Hall–Kier alpha value is -1.28. The number of aliphatic hydroxyl groups is 1. The van der Waals surface area contributed by atoms with Crippen LogP contribution in [0.25, 0.3) is 0 Å². The van der Waals surface area contributed by atoms with Gasteiger partial charge in [0, 0.05) is 16.3 Å². The number of ether oxygens (including phenoxy) is 1. The van der Waals surface area contributed by atoms with Crippen LogP contribution in [0, 0.1) is 20.2 Å². The predicted molar refractivity (Wildman–Crippen MR) is 43.0 cm³/mol. The molecule has 0 radical (unpaired) electrons. The number of aliphatic hydroxyl groups excluding tert-OH is 1. The molecule has 0 spiro atoms. The maximum absolute atomic E-state index is 10.5. The fourth-order valence-corrected chi connectivity index (χ4v) is 1.39. The molecule has 80 valence electrons. The predicted octanol–water partition coefficient (Wildman–Crippen LogP) is -0.942. The molecule has 8 nitrogen and oxygen atoms in total. The molecule has 0 aromatic rings. The Labute approximate surface area is 78.8 Å². The molecule has 1 fully saturated rings. The van der Waals surface area contributed by atoms with Crippen LogP contribution in [0.5, 0.6) is 0 Å². The van der Waals surface area contributed by atoms with Crippen LogP contribution in [0.3, 0.4) is 0 Å². The highest BCUT2D eigenvalue weighted by Gasteiger charge is 2.41. The van der Waals surface area contributed by atoms with Gasteiger partial charge in [-0.3, -0.25) is 20.2 Å². The summed E-state index contributed by atoms with van der Waals surface area (Å²) in [6.07, 6.45) is -2.04. The van der Waals surface area contributed by atoms with E-state index >= 15 is 0 Å². The second kappa shape index (κ2) is 4.29. The molecule has 0 saturated carbocycles. The van der Waals surface area contributed by atoms with Gasteiger partial charge < -0.3 is 9.84 Å². The molecule has 8 heteroatoms. The Balaban J connectivity index is 2.62. The second-order valence-electron chi connectivity index (χ2n) is 3.13. The molecular weight excluding hydrogens is 196 g/mol. The van der Waals surface area contributed by atoms with E-state index in [1.54, 1.807) is 0 Å². The van der Waals surface area contributed by atoms with Gasteiger partial charge >= 0.3 is 0 Å². The van der Waals surface area contributed by atoms with Crippen LogP contribution in [-0.2, 0) is 4.74 Å². The van der Waals surface area contributed by atoms with Crippen molar-refractivity contribution >= 4 is 0 Å². The number of nitro groups is 2. The maximum atomic E-state index is 10.5. The first-order valence-corrected chi connectivity index (χ1v) is 4.05. The minimum Gasteiger partial charge on any atom is -0.390 e. The van der Waals surface area contributed by atoms with Gasteiger partial charge in [-0.1, -0.05) is 0 Å². The Morgan fingerprint density at radius 2 is 2.07 bits per heavy atom. The zero-order valence-corrected chi connectivity index (χ0v) is 7.24. The molecule has 0 aromatic carbocycles. The summed E-state index contributed by atoms with van der Waals surface area (Å²) in [5.74, 6) is 0. The molecule has 0 bridgehead atoms. The lowest BCUT2D eigenvalue weighted by molar-refractivity contribution is -0.566. The third-order valence-electron chi connectivity index (χ3n) is 2.05. The van der Waals surface area contributed by atoms with Crippen molar-refractivity contribution in [3.63, 3.8) is 0 Å². The van der Waals surface area contributed by atoms with Crippen LogP contribution in [0.1, 0.15) is 6.42 Å². The molecule has 0 amide bonds. The van der Waals surface area contributed by atoms with Gasteiger partial charge in [0.1, 0.15) is 0 Å². The van der Waals surface area contributed by atoms with Crippen molar-refractivity contribution in [3.8, 4) is 0 Å². The average Bonchev–Trinajstić information content (AvgIpc) is 2.07. The topological polar surface area (TPSA) is 116 Å². The summed E-state index contributed by atoms with van der Waals surface area (Å²) in [4.78, 5) is 19.3. The summed E-state index contributed by atoms with van der Waals surface area (Å²) in [5, 5.41) is 29.7. The third-order valence-corrected chi connectivity index (χ3v) is 2.05. The quantitative estimate of drug-likeness (QED) is 0.470. The van der Waals surface area contributed by atoms with Crippen LogP contribution < -0.4 is 0 Å². The first-order valence-electron chi connectivity index (χ1n) is 4.05. The zero-order valence-electron chi connectivity index (χ0n) is 7.24. The standard InChI is InChI=1S/C6H10N2O6/c9-4-1-5(8(12)13)6(14-3-4)2-7(10)11/h4-6,9H,1-3H2/t4-,5+,6-/m0/s1. The van der Waals surface area contributed by atoms with E-state index < -0.39 is 34.6 Å². The normalized spacial score (nSPS) is 32.5. The van der Waals surface area contributed by atoms with Crippen molar-refractivity contribution in [2.45, 2.75) is 24.7 Å². The lowest BCUT2D eigenvalue weighted by Crippen LogP contribution is -2.48. The van der Waals surface area contributed by atoms with Gasteiger partial charge in [-0.2, -0.15) is 0 Å². The second-order valence-corrected chi connectivity index (χ2v) is 3.13. The van der Waals surface area contributed by atoms with E-state index in [1.165, 1.54) is 0 Å². The number of hydrogen-bond donors (Lipinski definition) is 1. The van der Waals surface area contributed by atoms with Crippen molar-refractivity contribution in [1.82, 2.24) is 0 Å². The van der Waals surface area contributed by atoms with Crippen LogP contribution >= 0.6 is 0 Å². The lowest BCUT2D eigenvalue weighted by Gasteiger charge is -2.26. The van der Waals surface area contributed by atoms with Crippen LogP contribution in [0.4, 0.5) is 0 Å². The van der Waals surface area contributed by atoms with Gasteiger partial charge in [0.05, 0.1) is 12.7 Å². The van der Waals surface area contributed by atoms with Crippen LogP contribution in [0.15, 0.2) is 0 Å². The van der Waals surface area contributed by atoms with Gasteiger partial charge in [-0.15, -0.1) is 0 Å². The van der Waals surface area contributed by atoms with Gasteiger partial charge in [-0.25, -0.2) is 0 Å². The summed E-state index contributed by atoms with van der Waals surface area (Å²) in [5.41, 5.74) is 0. The highest BCUT2D eigenvalue weighted by Crippen LogP contribution is 2.17. The van der Waals surface area contributed by atoms with Gasteiger partial charge in [0.15, 0.2) is 6.10 Å². The highest BCUT2D eigenvalue weighted by atomic mass is 16.6. The summed E-state index contributed by atoms with van der Waals surface area (Å²) in [7, 11) is 0. The largest absolute Gasteiger partial charge is 0.390 e.